The molecule has 5 nitrogen and oxygen atoms in total. The lowest BCUT2D eigenvalue weighted by molar-refractivity contribution is 0.104. The summed E-state index contributed by atoms with van der Waals surface area (Å²) < 4.78 is 2.42. The zero-order chi connectivity index (χ0) is 21.2. The summed E-state index contributed by atoms with van der Waals surface area (Å²) in [5.41, 5.74) is 5.86. The Morgan fingerprint density at radius 1 is 0.903 bits per heavy atom. The van der Waals surface area contributed by atoms with E-state index in [1.54, 1.807) is 0 Å². The van der Waals surface area contributed by atoms with Gasteiger partial charge in [-0.25, -0.2) is 4.98 Å². The molecule has 0 amide bonds. The number of hydrogen-bond donors (Lipinski definition) is 0. The second kappa shape index (κ2) is 8.60. The topological polar surface area (TPSA) is 46.8 Å². The van der Waals surface area contributed by atoms with Gasteiger partial charge >= 0.3 is 0 Å². The second-order valence-electron chi connectivity index (χ2n) is 8.51. The molecule has 1 aromatic carbocycles. The van der Waals surface area contributed by atoms with Crippen LogP contribution in [0.4, 0.5) is 0 Å². The highest BCUT2D eigenvalue weighted by Crippen LogP contribution is 2.41. The van der Waals surface area contributed by atoms with Crippen molar-refractivity contribution in [2.75, 3.05) is 7.05 Å². The summed E-state index contributed by atoms with van der Waals surface area (Å²) in [7, 11) is 2.24. The van der Waals surface area contributed by atoms with Crippen LogP contribution in [0.1, 0.15) is 54.1 Å². The molecule has 2 atom stereocenters. The van der Waals surface area contributed by atoms with Crippen LogP contribution in [0.15, 0.2) is 67.0 Å². The standard InChI is InChI=1S/C26H29N5/c1-19-9-8-17-28-25(19)23-13-7-14-24(30(23)2)26-29-21-11-3-4-12-22(21)31(26)18-15-20-10-5-6-16-27-20/h3-6,8-12,16-17,23-24H,7,13-15,18H2,1-2H3/t23-,24+/m0/s1. The van der Waals surface area contributed by atoms with Crippen molar-refractivity contribution in [3.63, 3.8) is 0 Å². The van der Waals surface area contributed by atoms with Crippen molar-refractivity contribution in [1.29, 1.82) is 0 Å². The number of rotatable bonds is 5. The van der Waals surface area contributed by atoms with Crippen molar-refractivity contribution >= 4 is 11.0 Å². The average molecular weight is 412 g/mol. The van der Waals surface area contributed by atoms with Crippen molar-refractivity contribution < 1.29 is 0 Å². The summed E-state index contributed by atoms with van der Waals surface area (Å²) in [5.74, 6) is 1.16. The number of nitrogens with zero attached hydrogens (tertiary/aromatic N) is 5. The van der Waals surface area contributed by atoms with E-state index < -0.39 is 0 Å². The molecule has 0 bridgehead atoms. The van der Waals surface area contributed by atoms with Gasteiger partial charge in [-0.2, -0.15) is 0 Å². The molecule has 0 spiro atoms. The number of aryl methyl sites for hydroxylation is 3. The van der Waals surface area contributed by atoms with Gasteiger partial charge in [0.1, 0.15) is 5.82 Å². The Hall–Kier alpha value is -3.05. The number of piperidine rings is 1. The molecule has 0 unspecified atom stereocenters. The average Bonchev–Trinajstić information content (AvgIpc) is 3.17. The Kier molecular flexibility index (Phi) is 5.51. The minimum Gasteiger partial charge on any atom is -0.326 e. The van der Waals surface area contributed by atoms with Crippen molar-refractivity contribution in [3.05, 3.63) is 89.8 Å². The van der Waals surface area contributed by atoms with Crippen LogP contribution in [0.2, 0.25) is 0 Å². The number of aromatic nitrogens is 4. The van der Waals surface area contributed by atoms with E-state index in [1.165, 1.54) is 23.2 Å². The van der Waals surface area contributed by atoms with E-state index in [0.29, 0.717) is 6.04 Å². The third-order valence-electron chi connectivity index (χ3n) is 6.60. The Labute approximate surface area is 183 Å². The lowest BCUT2D eigenvalue weighted by Crippen LogP contribution is -2.35. The first-order valence-electron chi connectivity index (χ1n) is 11.2. The SMILES string of the molecule is Cc1cccnc1[C@@H]1CCC[C@H](c2nc3ccccc3n2CCc2ccccn2)N1C. The van der Waals surface area contributed by atoms with Gasteiger partial charge in [-0.1, -0.05) is 24.3 Å². The maximum absolute atomic E-state index is 5.13. The fourth-order valence-electron chi connectivity index (χ4n) is 4.97. The number of fused-ring (bicyclic) bond motifs is 1. The quantitative estimate of drug-likeness (QED) is 0.448. The van der Waals surface area contributed by atoms with Crippen molar-refractivity contribution in [3.8, 4) is 0 Å². The van der Waals surface area contributed by atoms with Gasteiger partial charge in [-0.3, -0.25) is 14.9 Å². The molecule has 158 valence electrons. The van der Waals surface area contributed by atoms with E-state index in [9.17, 15) is 0 Å². The van der Waals surface area contributed by atoms with Crippen molar-refractivity contribution in [2.24, 2.45) is 0 Å². The highest BCUT2D eigenvalue weighted by atomic mass is 15.2. The Bertz CT molecular complexity index is 1170. The van der Waals surface area contributed by atoms with E-state index in [-0.39, 0.29) is 6.04 Å². The molecule has 5 rings (SSSR count). The highest BCUT2D eigenvalue weighted by molar-refractivity contribution is 5.76. The summed E-state index contributed by atoms with van der Waals surface area (Å²) in [6.07, 6.45) is 8.12. The maximum Gasteiger partial charge on any atom is 0.127 e. The largest absolute Gasteiger partial charge is 0.326 e. The third kappa shape index (κ3) is 3.86. The molecule has 1 fully saturated rings. The van der Waals surface area contributed by atoms with Crippen LogP contribution in [0.3, 0.4) is 0 Å². The molecule has 5 heteroatoms. The first-order valence-corrected chi connectivity index (χ1v) is 11.2. The van der Waals surface area contributed by atoms with Crippen LogP contribution in [0, 0.1) is 6.92 Å². The van der Waals surface area contributed by atoms with Crippen LogP contribution >= 0.6 is 0 Å². The monoisotopic (exact) mass is 411 g/mol. The molecule has 1 aliphatic rings. The van der Waals surface area contributed by atoms with Gasteiger partial charge in [0.15, 0.2) is 0 Å². The summed E-state index contributed by atoms with van der Waals surface area (Å²) in [5, 5.41) is 0. The van der Waals surface area contributed by atoms with E-state index in [0.717, 1.165) is 42.8 Å². The number of benzene rings is 1. The number of pyridine rings is 2. The Morgan fingerprint density at radius 3 is 2.55 bits per heavy atom. The van der Waals surface area contributed by atoms with Crippen LogP contribution < -0.4 is 0 Å². The summed E-state index contributed by atoms with van der Waals surface area (Å²) in [6, 6.07) is 19.4. The van der Waals surface area contributed by atoms with Gasteiger partial charge in [0.05, 0.1) is 28.8 Å². The number of likely N-dealkylation sites (tertiary alicyclic amines) is 1. The molecular formula is C26H29N5. The summed E-state index contributed by atoms with van der Waals surface area (Å²) >= 11 is 0. The Morgan fingerprint density at radius 2 is 1.71 bits per heavy atom. The molecule has 0 radical (unpaired) electrons. The number of imidazole rings is 1. The molecule has 0 N–H and O–H groups in total. The molecule has 3 aromatic heterocycles. The molecule has 31 heavy (non-hydrogen) atoms. The summed E-state index contributed by atoms with van der Waals surface area (Å²) in [6.45, 7) is 3.05. The van der Waals surface area contributed by atoms with E-state index in [4.69, 9.17) is 9.97 Å². The zero-order valence-corrected chi connectivity index (χ0v) is 18.3. The normalized spacial score (nSPS) is 19.7. The first-order chi connectivity index (χ1) is 15.2. The van der Waals surface area contributed by atoms with E-state index in [1.807, 2.05) is 24.5 Å². The van der Waals surface area contributed by atoms with Gasteiger partial charge in [0.2, 0.25) is 0 Å². The lowest BCUT2D eigenvalue weighted by Gasteiger charge is -2.39. The van der Waals surface area contributed by atoms with E-state index >= 15 is 0 Å². The summed E-state index contributed by atoms with van der Waals surface area (Å²) in [4.78, 5) is 16.9. The predicted molar refractivity (Wildman–Crippen MR) is 124 cm³/mol. The van der Waals surface area contributed by atoms with Crippen molar-refractivity contribution in [1.82, 2.24) is 24.4 Å². The fraction of sp³-hybridized carbons (Fsp3) is 0.346. The predicted octanol–water partition coefficient (Wildman–Crippen LogP) is 5.28. The zero-order valence-electron chi connectivity index (χ0n) is 18.3. The van der Waals surface area contributed by atoms with Gasteiger partial charge in [-0.05, 0) is 69.1 Å². The van der Waals surface area contributed by atoms with Crippen LogP contribution in [0.5, 0.6) is 0 Å². The van der Waals surface area contributed by atoms with Crippen LogP contribution in [-0.4, -0.2) is 31.5 Å². The van der Waals surface area contributed by atoms with Crippen LogP contribution in [-0.2, 0) is 13.0 Å². The second-order valence-corrected chi connectivity index (χ2v) is 8.51. The number of hydrogen-bond acceptors (Lipinski definition) is 4. The van der Waals surface area contributed by atoms with Gasteiger partial charge in [0.25, 0.3) is 0 Å². The molecule has 1 aliphatic heterocycles. The molecule has 0 aliphatic carbocycles. The Balaban J connectivity index is 1.50. The van der Waals surface area contributed by atoms with Gasteiger partial charge < -0.3 is 4.57 Å². The molecular weight excluding hydrogens is 382 g/mol. The smallest absolute Gasteiger partial charge is 0.127 e. The van der Waals surface area contributed by atoms with E-state index in [2.05, 4.69) is 70.9 Å². The molecule has 4 aromatic rings. The van der Waals surface area contributed by atoms with Gasteiger partial charge in [0, 0.05) is 31.1 Å². The maximum atomic E-state index is 5.13. The lowest BCUT2D eigenvalue weighted by atomic mass is 9.92. The molecule has 1 saturated heterocycles. The van der Waals surface area contributed by atoms with Gasteiger partial charge in [-0.15, -0.1) is 0 Å². The fourth-order valence-corrected chi connectivity index (χ4v) is 4.97. The minimum absolute atomic E-state index is 0.274. The third-order valence-corrected chi connectivity index (χ3v) is 6.60. The highest BCUT2D eigenvalue weighted by Gasteiger charge is 2.34. The van der Waals surface area contributed by atoms with Crippen molar-refractivity contribution in [2.45, 2.75) is 51.2 Å². The first kappa shape index (κ1) is 19.9. The van der Waals surface area contributed by atoms with Crippen LogP contribution in [0.25, 0.3) is 11.0 Å². The number of para-hydroxylation sites is 2. The molecule has 0 saturated carbocycles. The minimum atomic E-state index is 0.274. The molecule has 4 heterocycles.